The number of pyridine rings is 1. The van der Waals surface area contributed by atoms with Gasteiger partial charge in [-0.2, -0.15) is 0 Å². The summed E-state index contributed by atoms with van der Waals surface area (Å²) in [5.41, 5.74) is 2.32. The highest BCUT2D eigenvalue weighted by atomic mass is 127. The topological polar surface area (TPSA) is 22.1 Å². The summed E-state index contributed by atoms with van der Waals surface area (Å²) >= 11 is 1.19. The Morgan fingerprint density at radius 3 is 1.93 bits per heavy atom. The van der Waals surface area contributed by atoms with Crippen LogP contribution < -0.4 is 4.74 Å². The molecular weight excluding hydrogens is 509 g/mol. The summed E-state index contributed by atoms with van der Waals surface area (Å²) in [6, 6.07) is 12.3. The molecule has 0 saturated heterocycles. The van der Waals surface area contributed by atoms with Crippen molar-refractivity contribution < 1.29 is 22.3 Å². The van der Waals surface area contributed by atoms with Crippen LogP contribution in [-0.2, 0) is 0 Å². The lowest BCUT2D eigenvalue weighted by molar-refractivity contribution is 0.309. The van der Waals surface area contributed by atoms with E-state index in [1.54, 1.807) is 12.4 Å². The van der Waals surface area contributed by atoms with E-state index in [9.17, 15) is 17.6 Å². The molecule has 0 aliphatic rings. The maximum Gasteiger partial charge on any atom is 0.175 e. The van der Waals surface area contributed by atoms with Gasteiger partial charge in [-0.3, -0.25) is 4.98 Å². The minimum Gasteiger partial charge on any atom is -0.494 e. The Morgan fingerprint density at radius 1 is 0.867 bits per heavy atom. The lowest BCUT2D eigenvalue weighted by Gasteiger charge is -2.05. The summed E-state index contributed by atoms with van der Waals surface area (Å²) in [6.07, 6.45) is 10.0. The molecule has 7 heteroatoms. The van der Waals surface area contributed by atoms with Crippen molar-refractivity contribution in [1.82, 2.24) is 4.98 Å². The highest BCUT2D eigenvalue weighted by molar-refractivity contribution is 14.1. The molecule has 158 valence electrons. The van der Waals surface area contributed by atoms with Gasteiger partial charge >= 0.3 is 0 Å². The Labute approximate surface area is 186 Å². The molecule has 1 aromatic heterocycles. The van der Waals surface area contributed by atoms with Gasteiger partial charge in [0.1, 0.15) is 5.75 Å². The van der Waals surface area contributed by atoms with Crippen molar-refractivity contribution in [3.05, 3.63) is 92.8 Å². The monoisotopic (exact) mass is 529 g/mol. The van der Waals surface area contributed by atoms with Crippen LogP contribution in [0.1, 0.15) is 30.9 Å². The molecule has 0 aliphatic heterocycles. The van der Waals surface area contributed by atoms with Gasteiger partial charge < -0.3 is 4.74 Å². The lowest BCUT2D eigenvalue weighted by Crippen LogP contribution is -1.97. The van der Waals surface area contributed by atoms with Crippen LogP contribution in [0.4, 0.5) is 17.6 Å². The van der Waals surface area contributed by atoms with Gasteiger partial charge in [-0.05, 0) is 64.4 Å². The van der Waals surface area contributed by atoms with E-state index in [1.807, 2.05) is 24.3 Å². The van der Waals surface area contributed by atoms with Crippen molar-refractivity contribution in [1.29, 1.82) is 0 Å². The number of hydrogen-bond donors (Lipinski definition) is 0. The van der Waals surface area contributed by atoms with E-state index in [1.165, 1.54) is 28.2 Å². The molecular formula is C23H20F4INO. The fraction of sp³-hybridized carbons (Fsp3) is 0.174. The van der Waals surface area contributed by atoms with E-state index >= 15 is 0 Å². The van der Waals surface area contributed by atoms with Gasteiger partial charge in [-0.25, -0.2) is 17.6 Å². The Kier molecular flexibility index (Phi) is 9.79. The number of ether oxygens (including phenoxy) is 1. The third kappa shape index (κ3) is 7.44. The first-order chi connectivity index (χ1) is 14.4. The minimum atomic E-state index is -1.38. The Bertz CT molecular complexity index is 937. The highest BCUT2D eigenvalue weighted by Crippen LogP contribution is 2.20. The summed E-state index contributed by atoms with van der Waals surface area (Å²) < 4.78 is 54.2. The van der Waals surface area contributed by atoms with Crippen molar-refractivity contribution in [3.63, 3.8) is 0 Å². The zero-order chi connectivity index (χ0) is 21.9. The van der Waals surface area contributed by atoms with Crippen LogP contribution in [0.5, 0.6) is 5.75 Å². The quantitative estimate of drug-likeness (QED) is 0.110. The Hall–Kier alpha value is -2.42. The standard InChI is InChI=1S/C17H19NO.C6HF4I/c1-2-3-14-19-17-8-6-15(7-9-17)4-5-16-10-12-18-13-11-16;7-2-1-3(8)5(10)6(11)4(2)9/h4-13H,2-3,14H2,1H3;1H/b5-4+;. The molecule has 2 aromatic carbocycles. The molecule has 1 heterocycles. The summed E-state index contributed by atoms with van der Waals surface area (Å²) in [6.45, 7) is 2.96. The van der Waals surface area contributed by atoms with Gasteiger partial charge in [-0.15, -0.1) is 0 Å². The summed E-state index contributed by atoms with van der Waals surface area (Å²) in [7, 11) is 0. The second-order valence-corrected chi connectivity index (χ2v) is 7.25. The maximum atomic E-state index is 12.4. The fourth-order valence-corrected chi connectivity index (χ4v) is 2.74. The van der Waals surface area contributed by atoms with Gasteiger partial charge in [0.05, 0.1) is 10.2 Å². The van der Waals surface area contributed by atoms with Crippen molar-refractivity contribution >= 4 is 34.7 Å². The SMILES string of the molecule is CCCCOc1ccc(/C=C/c2ccncc2)cc1.Fc1cc(F)c(F)c(I)c1F. The average Bonchev–Trinajstić information content (AvgIpc) is 2.77. The van der Waals surface area contributed by atoms with E-state index in [-0.39, 0.29) is 6.07 Å². The van der Waals surface area contributed by atoms with Crippen molar-refractivity contribution in [2.45, 2.75) is 19.8 Å². The predicted octanol–water partition coefficient (Wildman–Crippen LogP) is 7.28. The van der Waals surface area contributed by atoms with E-state index in [4.69, 9.17) is 4.74 Å². The molecule has 3 aromatic rings. The molecule has 30 heavy (non-hydrogen) atoms. The first kappa shape index (κ1) is 23.9. The number of benzene rings is 2. The fourth-order valence-electron chi connectivity index (χ4n) is 2.22. The average molecular weight is 529 g/mol. The normalized spacial score (nSPS) is 10.6. The van der Waals surface area contributed by atoms with Gasteiger partial charge in [0.25, 0.3) is 0 Å². The van der Waals surface area contributed by atoms with Crippen molar-refractivity contribution in [3.8, 4) is 5.75 Å². The Balaban J connectivity index is 0.000000248. The van der Waals surface area contributed by atoms with Crippen LogP contribution in [-0.4, -0.2) is 11.6 Å². The van der Waals surface area contributed by atoms with Crippen LogP contribution in [0.25, 0.3) is 12.2 Å². The van der Waals surface area contributed by atoms with Gasteiger partial charge in [-0.1, -0.05) is 37.6 Å². The molecule has 3 rings (SSSR count). The number of halogens is 5. The van der Waals surface area contributed by atoms with Crippen LogP contribution in [0.3, 0.4) is 0 Å². The number of unbranched alkanes of at least 4 members (excludes halogenated alkanes) is 1. The predicted molar refractivity (Wildman–Crippen MR) is 119 cm³/mol. The molecule has 0 fully saturated rings. The van der Waals surface area contributed by atoms with Crippen molar-refractivity contribution in [2.24, 2.45) is 0 Å². The molecule has 0 unspecified atom stereocenters. The molecule has 0 atom stereocenters. The Morgan fingerprint density at radius 2 is 1.40 bits per heavy atom. The third-order valence-electron chi connectivity index (χ3n) is 3.88. The third-order valence-corrected chi connectivity index (χ3v) is 4.83. The lowest BCUT2D eigenvalue weighted by atomic mass is 10.1. The maximum absolute atomic E-state index is 12.4. The molecule has 0 bridgehead atoms. The highest BCUT2D eigenvalue weighted by Gasteiger charge is 2.15. The molecule has 0 amide bonds. The molecule has 0 spiro atoms. The molecule has 0 aliphatic carbocycles. The van der Waals surface area contributed by atoms with Gasteiger partial charge in [0.15, 0.2) is 23.3 Å². The molecule has 0 radical (unpaired) electrons. The van der Waals surface area contributed by atoms with E-state index in [2.05, 4.69) is 36.2 Å². The summed E-state index contributed by atoms with van der Waals surface area (Å²) in [5.74, 6) is -4.54. The number of nitrogens with zero attached hydrogens (tertiary/aromatic N) is 1. The number of rotatable bonds is 6. The van der Waals surface area contributed by atoms with Crippen LogP contribution in [0, 0.1) is 26.8 Å². The first-order valence-corrected chi connectivity index (χ1v) is 10.3. The smallest absolute Gasteiger partial charge is 0.175 e. The second kappa shape index (κ2) is 12.3. The van der Waals surface area contributed by atoms with E-state index in [0.717, 1.165) is 30.8 Å². The molecule has 2 nitrogen and oxygen atoms in total. The minimum absolute atomic E-state index is 0.173. The van der Waals surface area contributed by atoms with Crippen LogP contribution >= 0.6 is 22.6 Å². The summed E-state index contributed by atoms with van der Waals surface area (Å²) in [4.78, 5) is 4.00. The van der Waals surface area contributed by atoms with E-state index < -0.39 is 26.8 Å². The van der Waals surface area contributed by atoms with Crippen LogP contribution in [0.15, 0.2) is 54.9 Å². The van der Waals surface area contributed by atoms with E-state index in [0.29, 0.717) is 0 Å². The van der Waals surface area contributed by atoms with Crippen molar-refractivity contribution in [2.75, 3.05) is 6.61 Å². The number of aromatic nitrogens is 1. The first-order valence-electron chi connectivity index (χ1n) is 9.21. The van der Waals surface area contributed by atoms with Crippen LogP contribution in [0.2, 0.25) is 0 Å². The largest absolute Gasteiger partial charge is 0.494 e. The molecule has 0 saturated carbocycles. The second-order valence-electron chi connectivity index (χ2n) is 6.17. The number of hydrogen-bond acceptors (Lipinski definition) is 2. The summed E-state index contributed by atoms with van der Waals surface area (Å²) in [5, 5.41) is 0. The zero-order valence-electron chi connectivity index (χ0n) is 16.2. The van der Waals surface area contributed by atoms with Gasteiger partial charge in [0, 0.05) is 18.5 Å². The van der Waals surface area contributed by atoms with Gasteiger partial charge in [0.2, 0.25) is 0 Å². The molecule has 0 N–H and O–H groups in total. The zero-order valence-corrected chi connectivity index (χ0v) is 18.4.